The quantitative estimate of drug-likeness (QED) is 0.728. The highest BCUT2D eigenvalue weighted by Gasteiger charge is 2.54. The molecule has 1 saturated heterocycles. The van der Waals surface area contributed by atoms with Gasteiger partial charge in [0.2, 0.25) is 0 Å². The van der Waals surface area contributed by atoms with Crippen molar-refractivity contribution < 1.29 is 4.57 Å². The van der Waals surface area contributed by atoms with Crippen molar-refractivity contribution >= 4 is 7.59 Å². The summed E-state index contributed by atoms with van der Waals surface area (Å²) in [5.74, 6) is 0. The van der Waals surface area contributed by atoms with Gasteiger partial charge in [-0.2, -0.15) is 0 Å². The Morgan fingerprint density at radius 1 is 1.06 bits per heavy atom. The van der Waals surface area contributed by atoms with E-state index in [1.807, 2.05) is 18.8 Å². The molecule has 100 valence electrons. The second-order valence-corrected chi connectivity index (χ2v) is 8.15. The van der Waals surface area contributed by atoms with Crippen LogP contribution in [-0.2, 0) is 4.57 Å². The maximum absolute atomic E-state index is 13.4. The lowest BCUT2D eigenvalue weighted by atomic mass is 9.90. The second-order valence-electron chi connectivity index (χ2n) is 5.29. The fourth-order valence-corrected chi connectivity index (χ4v) is 6.88. The Morgan fingerprint density at radius 2 is 1.47 bits per heavy atom. The van der Waals surface area contributed by atoms with Gasteiger partial charge in [0.1, 0.15) is 0 Å². The number of hydrogen-bond acceptors (Lipinski definition) is 1. The predicted octanol–water partition coefficient (Wildman–Crippen LogP) is 2.62. The van der Waals surface area contributed by atoms with Crippen molar-refractivity contribution in [3.63, 3.8) is 0 Å². The van der Waals surface area contributed by atoms with Gasteiger partial charge in [-0.1, -0.05) is 26.7 Å². The van der Waals surface area contributed by atoms with E-state index in [9.17, 15) is 4.57 Å². The molecule has 0 spiro atoms. The molecule has 2 aliphatic rings. The fraction of sp³-hybridized carbons (Fsp3) is 1.00. The Hall–Kier alpha value is 0.110. The Balaban J connectivity index is 2.38. The van der Waals surface area contributed by atoms with Gasteiger partial charge in [0.25, 0.3) is 7.59 Å². The molecule has 1 heterocycles. The normalized spacial score (nSPS) is 34.2. The van der Waals surface area contributed by atoms with Crippen molar-refractivity contribution in [3.8, 4) is 0 Å². The number of fused-ring (bicyclic) bond motifs is 1. The standard InChI is InChI=1S/C12H26N3OP/c1-5-14-11-9-7-8-10-12(11)15(6-2)17(14,16)13(3)4/h11-12H,5-10H2,1-4H3/t11-,12-/m1/s1. The van der Waals surface area contributed by atoms with E-state index in [1.165, 1.54) is 25.7 Å². The topological polar surface area (TPSA) is 26.8 Å². The Morgan fingerprint density at radius 3 is 1.76 bits per heavy atom. The maximum atomic E-state index is 13.4. The van der Waals surface area contributed by atoms with Crippen LogP contribution in [0.25, 0.3) is 0 Å². The molecule has 0 radical (unpaired) electrons. The van der Waals surface area contributed by atoms with Gasteiger partial charge in [0.05, 0.1) is 0 Å². The first kappa shape index (κ1) is 13.5. The summed E-state index contributed by atoms with van der Waals surface area (Å²) in [6, 6.07) is 1.03. The van der Waals surface area contributed by atoms with Crippen LogP contribution in [-0.4, -0.2) is 53.3 Å². The molecule has 0 aromatic heterocycles. The fourth-order valence-electron chi connectivity index (χ4n) is 3.62. The number of likely N-dealkylation sites (N-methyl/N-ethyl adjacent to an activating group) is 2. The lowest BCUT2D eigenvalue weighted by Gasteiger charge is -2.34. The third-order valence-corrected chi connectivity index (χ3v) is 7.84. The minimum Gasteiger partial charge on any atom is -0.270 e. The van der Waals surface area contributed by atoms with E-state index in [0.29, 0.717) is 12.1 Å². The predicted molar refractivity (Wildman–Crippen MR) is 72.1 cm³/mol. The maximum Gasteiger partial charge on any atom is 0.286 e. The van der Waals surface area contributed by atoms with Gasteiger partial charge >= 0.3 is 0 Å². The first-order chi connectivity index (χ1) is 8.07. The van der Waals surface area contributed by atoms with Gasteiger partial charge in [0.15, 0.2) is 0 Å². The van der Waals surface area contributed by atoms with E-state index in [2.05, 4.69) is 23.2 Å². The first-order valence-corrected chi connectivity index (χ1v) is 8.46. The van der Waals surface area contributed by atoms with Gasteiger partial charge < -0.3 is 0 Å². The molecular formula is C12H26N3OP. The van der Waals surface area contributed by atoms with Gasteiger partial charge in [0, 0.05) is 25.2 Å². The molecule has 2 rings (SSSR count). The highest BCUT2D eigenvalue weighted by Crippen LogP contribution is 2.64. The van der Waals surface area contributed by atoms with Crippen LogP contribution in [0.1, 0.15) is 39.5 Å². The highest BCUT2D eigenvalue weighted by atomic mass is 31.2. The molecule has 1 aliphatic carbocycles. The van der Waals surface area contributed by atoms with Crippen LogP contribution in [0.15, 0.2) is 0 Å². The molecular weight excluding hydrogens is 233 g/mol. The third kappa shape index (κ3) is 1.90. The number of nitrogens with zero attached hydrogens (tertiary/aromatic N) is 3. The zero-order chi connectivity index (χ0) is 12.6. The Kier molecular flexibility index (Phi) is 3.99. The summed E-state index contributed by atoms with van der Waals surface area (Å²) >= 11 is 0. The van der Waals surface area contributed by atoms with Gasteiger partial charge in [-0.15, -0.1) is 0 Å². The van der Waals surface area contributed by atoms with Crippen molar-refractivity contribution in [1.82, 2.24) is 14.0 Å². The van der Waals surface area contributed by atoms with Gasteiger partial charge in [-0.25, -0.2) is 14.0 Å². The van der Waals surface area contributed by atoms with Crippen molar-refractivity contribution in [2.24, 2.45) is 0 Å². The molecule has 0 N–H and O–H groups in total. The zero-order valence-electron chi connectivity index (χ0n) is 11.6. The van der Waals surface area contributed by atoms with E-state index >= 15 is 0 Å². The molecule has 0 amide bonds. The number of hydrogen-bond donors (Lipinski definition) is 0. The molecule has 1 saturated carbocycles. The van der Waals surface area contributed by atoms with Crippen LogP contribution in [0.2, 0.25) is 0 Å². The molecule has 17 heavy (non-hydrogen) atoms. The summed E-state index contributed by atoms with van der Waals surface area (Å²) in [6.07, 6.45) is 5.02. The summed E-state index contributed by atoms with van der Waals surface area (Å²) in [5, 5.41) is 0. The van der Waals surface area contributed by atoms with Crippen LogP contribution in [0, 0.1) is 0 Å². The average molecular weight is 259 g/mol. The summed E-state index contributed by atoms with van der Waals surface area (Å²) in [7, 11) is 1.46. The summed E-state index contributed by atoms with van der Waals surface area (Å²) < 4.78 is 19.9. The molecule has 2 atom stereocenters. The molecule has 4 nitrogen and oxygen atoms in total. The smallest absolute Gasteiger partial charge is 0.270 e. The van der Waals surface area contributed by atoms with E-state index < -0.39 is 7.59 Å². The summed E-state index contributed by atoms with van der Waals surface area (Å²) in [6.45, 7) is 6.07. The molecule has 0 aromatic rings. The van der Waals surface area contributed by atoms with Crippen LogP contribution >= 0.6 is 7.59 Å². The highest BCUT2D eigenvalue weighted by molar-refractivity contribution is 7.56. The minimum absolute atomic E-state index is 0.516. The number of rotatable bonds is 3. The van der Waals surface area contributed by atoms with Gasteiger partial charge in [-0.3, -0.25) is 4.57 Å². The molecule has 0 aromatic carbocycles. The molecule has 0 unspecified atom stereocenters. The van der Waals surface area contributed by atoms with Gasteiger partial charge in [-0.05, 0) is 26.9 Å². The zero-order valence-corrected chi connectivity index (χ0v) is 12.5. The van der Waals surface area contributed by atoms with Crippen molar-refractivity contribution in [3.05, 3.63) is 0 Å². The Labute approximate surface area is 105 Å². The molecule has 2 fully saturated rings. The first-order valence-electron chi connectivity index (χ1n) is 6.89. The van der Waals surface area contributed by atoms with Crippen molar-refractivity contribution in [1.29, 1.82) is 0 Å². The van der Waals surface area contributed by atoms with E-state index in [1.54, 1.807) is 0 Å². The average Bonchev–Trinajstić information content (AvgIpc) is 2.57. The van der Waals surface area contributed by atoms with E-state index in [0.717, 1.165) is 13.1 Å². The summed E-state index contributed by atoms with van der Waals surface area (Å²) in [4.78, 5) is 0. The van der Waals surface area contributed by atoms with E-state index in [4.69, 9.17) is 0 Å². The molecule has 0 bridgehead atoms. The monoisotopic (exact) mass is 259 g/mol. The van der Waals surface area contributed by atoms with Crippen LogP contribution in [0.3, 0.4) is 0 Å². The lowest BCUT2D eigenvalue weighted by Crippen LogP contribution is -2.39. The van der Waals surface area contributed by atoms with Crippen LogP contribution in [0.5, 0.6) is 0 Å². The van der Waals surface area contributed by atoms with Crippen molar-refractivity contribution in [2.75, 3.05) is 27.2 Å². The van der Waals surface area contributed by atoms with E-state index in [-0.39, 0.29) is 0 Å². The lowest BCUT2D eigenvalue weighted by molar-refractivity contribution is 0.210. The van der Waals surface area contributed by atoms with Crippen molar-refractivity contribution in [2.45, 2.75) is 51.6 Å². The minimum atomic E-state index is -2.47. The second kappa shape index (κ2) is 5.00. The SMILES string of the molecule is CCN1[C@@H]2CCCC[C@H]2N(CC)P1(=O)N(C)C. The third-order valence-electron chi connectivity index (χ3n) is 4.30. The van der Waals surface area contributed by atoms with Crippen LogP contribution < -0.4 is 0 Å². The largest absolute Gasteiger partial charge is 0.286 e. The molecule has 1 aliphatic heterocycles. The van der Waals surface area contributed by atoms with Crippen LogP contribution in [0.4, 0.5) is 0 Å². The Bertz CT molecular complexity index is 297. The summed E-state index contributed by atoms with van der Waals surface area (Å²) in [5.41, 5.74) is 0. The molecule has 5 heteroatoms.